The molecule has 5 heteroatoms. The summed E-state index contributed by atoms with van der Waals surface area (Å²) in [6.45, 7) is 14.2. The Labute approximate surface area is 180 Å². The van der Waals surface area contributed by atoms with Gasteiger partial charge in [-0.05, 0) is 43.3 Å². The minimum Gasteiger partial charge on any atom is -0.369 e. The highest BCUT2D eigenvalue weighted by molar-refractivity contribution is 5.94. The average molecular weight is 407 g/mol. The number of carbonyl (C=O) groups excluding carboxylic acids is 1. The van der Waals surface area contributed by atoms with Crippen LogP contribution in [0.25, 0.3) is 0 Å². The topological polar surface area (TPSA) is 30.0 Å². The standard InChI is InChI=1S/C25H34N4O/c1-3-26-12-18-29(19-13-26)25(30)23-8-6-22(7-9-23)20-27-14-16-28(17-15-27)24-10-4-21(2)5-11-24/h4-11H,3,12-20H2,1-2H3. The maximum absolute atomic E-state index is 12.8. The third-order valence-corrected chi connectivity index (χ3v) is 6.49. The van der Waals surface area contributed by atoms with Gasteiger partial charge < -0.3 is 14.7 Å². The van der Waals surface area contributed by atoms with Crippen LogP contribution < -0.4 is 4.90 Å². The lowest BCUT2D eigenvalue weighted by Crippen LogP contribution is -2.48. The third kappa shape index (κ3) is 5.02. The Morgan fingerprint density at radius 3 is 1.97 bits per heavy atom. The van der Waals surface area contributed by atoms with E-state index in [9.17, 15) is 4.79 Å². The smallest absolute Gasteiger partial charge is 0.253 e. The van der Waals surface area contributed by atoms with E-state index in [0.29, 0.717) is 0 Å². The van der Waals surface area contributed by atoms with Gasteiger partial charge in [-0.3, -0.25) is 9.69 Å². The first kappa shape index (κ1) is 20.9. The quantitative estimate of drug-likeness (QED) is 0.763. The van der Waals surface area contributed by atoms with Crippen molar-refractivity contribution in [3.05, 3.63) is 65.2 Å². The van der Waals surface area contributed by atoms with Crippen molar-refractivity contribution in [2.45, 2.75) is 20.4 Å². The molecule has 2 aromatic rings. The van der Waals surface area contributed by atoms with Crippen LogP contribution in [0.5, 0.6) is 0 Å². The molecule has 4 rings (SSSR count). The number of rotatable bonds is 5. The summed E-state index contributed by atoms with van der Waals surface area (Å²) in [6, 6.07) is 17.1. The number of anilines is 1. The lowest BCUT2D eigenvalue weighted by atomic mass is 10.1. The molecule has 0 bridgehead atoms. The summed E-state index contributed by atoms with van der Waals surface area (Å²) in [5, 5.41) is 0. The molecule has 0 saturated carbocycles. The number of aryl methyl sites for hydroxylation is 1. The van der Waals surface area contributed by atoms with Gasteiger partial charge in [-0.15, -0.1) is 0 Å². The molecule has 0 aromatic heterocycles. The van der Waals surface area contributed by atoms with Crippen LogP contribution in [0.2, 0.25) is 0 Å². The van der Waals surface area contributed by atoms with Gasteiger partial charge >= 0.3 is 0 Å². The first-order valence-corrected chi connectivity index (χ1v) is 11.3. The van der Waals surface area contributed by atoms with Crippen molar-refractivity contribution in [2.24, 2.45) is 0 Å². The molecule has 0 atom stereocenters. The van der Waals surface area contributed by atoms with E-state index < -0.39 is 0 Å². The zero-order valence-corrected chi connectivity index (χ0v) is 18.4. The Morgan fingerprint density at radius 2 is 1.37 bits per heavy atom. The Hall–Kier alpha value is -2.37. The monoisotopic (exact) mass is 406 g/mol. The van der Waals surface area contributed by atoms with Gasteiger partial charge in [0.05, 0.1) is 0 Å². The average Bonchev–Trinajstić information content (AvgIpc) is 2.80. The van der Waals surface area contributed by atoms with Crippen LogP contribution in [0, 0.1) is 6.92 Å². The fourth-order valence-corrected chi connectivity index (χ4v) is 4.38. The predicted molar refractivity (Wildman–Crippen MR) is 123 cm³/mol. The number of likely N-dealkylation sites (N-methyl/N-ethyl adjacent to an activating group) is 1. The van der Waals surface area contributed by atoms with Gasteiger partial charge in [-0.1, -0.05) is 36.8 Å². The number of benzene rings is 2. The minimum absolute atomic E-state index is 0.170. The first-order valence-electron chi connectivity index (χ1n) is 11.3. The molecule has 2 aliphatic rings. The van der Waals surface area contributed by atoms with Crippen molar-refractivity contribution < 1.29 is 4.79 Å². The molecule has 0 radical (unpaired) electrons. The second-order valence-electron chi connectivity index (χ2n) is 8.52. The molecule has 2 fully saturated rings. The van der Waals surface area contributed by atoms with E-state index in [2.05, 4.69) is 64.9 Å². The molecule has 2 aromatic carbocycles. The largest absolute Gasteiger partial charge is 0.369 e. The molecule has 0 spiro atoms. The summed E-state index contributed by atoms with van der Waals surface area (Å²) in [7, 11) is 0. The molecule has 1 amide bonds. The normalized spacial score (nSPS) is 18.6. The number of nitrogens with zero attached hydrogens (tertiary/aromatic N) is 4. The zero-order valence-electron chi connectivity index (χ0n) is 18.4. The molecular weight excluding hydrogens is 372 g/mol. The highest BCUT2D eigenvalue weighted by atomic mass is 16.2. The molecule has 2 heterocycles. The van der Waals surface area contributed by atoms with E-state index in [4.69, 9.17) is 0 Å². The Morgan fingerprint density at radius 1 is 0.767 bits per heavy atom. The molecule has 0 aliphatic carbocycles. The second kappa shape index (κ2) is 9.63. The SMILES string of the molecule is CCN1CCN(C(=O)c2ccc(CN3CCN(c4ccc(C)cc4)CC3)cc2)CC1. The van der Waals surface area contributed by atoms with Crippen LogP contribution in [0.15, 0.2) is 48.5 Å². The van der Waals surface area contributed by atoms with Gasteiger partial charge in [0.1, 0.15) is 0 Å². The van der Waals surface area contributed by atoms with Crippen molar-refractivity contribution in [3.8, 4) is 0 Å². The van der Waals surface area contributed by atoms with E-state index in [1.807, 2.05) is 17.0 Å². The van der Waals surface area contributed by atoms with Crippen molar-refractivity contribution in [1.29, 1.82) is 0 Å². The molecular formula is C25H34N4O. The number of hydrogen-bond acceptors (Lipinski definition) is 4. The molecule has 2 saturated heterocycles. The van der Waals surface area contributed by atoms with Gasteiger partial charge in [0.2, 0.25) is 0 Å². The number of hydrogen-bond donors (Lipinski definition) is 0. The molecule has 0 N–H and O–H groups in total. The molecule has 30 heavy (non-hydrogen) atoms. The highest BCUT2D eigenvalue weighted by Crippen LogP contribution is 2.18. The fraction of sp³-hybridized carbons (Fsp3) is 0.480. The molecule has 5 nitrogen and oxygen atoms in total. The van der Waals surface area contributed by atoms with Crippen LogP contribution in [0.3, 0.4) is 0 Å². The summed E-state index contributed by atoms with van der Waals surface area (Å²) in [4.78, 5) is 22.1. The van der Waals surface area contributed by atoms with E-state index in [-0.39, 0.29) is 5.91 Å². The van der Waals surface area contributed by atoms with E-state index in [1.165, 1.54) is 16.8 Å². The first-order chi connectivity index (χ1) is 14.6. The van der Waals surface area contributed by atoms with Gasteiger partial charge in [0.15, 0.2) is 0 Å². The Kier molecular flexibility index (Phi) is 6.70. The third-order valence-electron chi connectivity index (χ3n) is 6.49. The highest BCUT2D eigenvalue weighted by Gasteiger charge is 2.21. The van der Waals surface area contributed by atoms with Gasteiger partial charge in [0, 0.05) is 70.2 Å². The van der Waals surface area contributed by atoms with E-state index in [1.54, 1.807) is 0 Å². The summed E-state index contributed by atoms with van der Waals surface area (Å²) >= 11 is 0. The van der Waals surface area contributed by atoms with Gasteiger partial charge in [-0.25, -0.2) is 0 Å². The van der Waals surface area contributed by atoms with Crippen LogP contribution in [-0.2, 0) is 6.54 Å². The second-order valence-corrected chi connectivity index (χ2v) is 8.52. The van der Waals surface area contributed by atoms with Crippen molar-refractivity contribution >= 4 is 11.6 Å². The summed E-state index contributed by atoms with van der Waals surface area (Å²) in [5.74, 6) is 0.170. The van der Waals surface area contributed by atoms with E-state index >= 15 is 0 Å². The van der Waals surface area contributed by atoms with Gasteiger partial charge in [-0.2, -0.15) is 0 Å². The predicted octanol–water partition coefficient (Wildman–Crippen LogP) is 3.09. The van der Waals surface area contributed by atoms with Crippen molar-refractivity contribution in [3.63, 3.8) is 0 Å². The Balaban J connectivity index is 1.27. The lowest BCUT2D eigenvalue weighted by molar-refractivity contribution is 0.0643. The van der Waals surface area contributed by atoms with Gasteiger partial charge in [0.25, 0.3) is 5.91 Å². The number of carbonyl (C=O) groups is 1. The van der Waals surface area contributed by atoms with Crippen molar-refractivity contribution in [1.82, 2.24) is 14.7 Å². The van der Waals surface area contributed by atoms with Crippen LogP contribution in [0.4, 0.5) is 5.69 Å². The summed E-state index contributed by atoms with van der Waals surface area (Å²) in [5.41, 5.74) is 4.73. The minimum atomic E-state index is 0.170. The fourth-order valence-electron chi connectivity index (χ4n) is 4.38. The molecule has 160 valence electrons. The molecule has 2 aliphatic heterocycles. The zero-order chi connectivity index (χ0) is 20.9. The van der Waals surface area contributed by atoms with E-state index in [0.717, 1.165) is 71.0 Å². The lowest BCUT2D eigenvalue weighted by Gasteiger charge is -2.36. The maximum Gasteiger partial charge on any atom is 0.253 e. The van der Waals surface area contributed by atoms with Crippen molar-refractivity contribution in [2.75, 3.05) is 63.8 Å². The number of amides is 1. The maximum atomic E-state index is 12.8. The van der Waals surface area contributed by atoms with Crippen LogP contribution in [0.1, 0.15) is 28.4 Å². The molecule has 0 unspecified atom stereocenters. The summed E-state index contributed by atoms with van der Waals surface area (Å²) < 4.78 is 0. The van der Waals surface area contributed by atoms with Crippen LogP contribution in [-0.4, -0.2) is 79.5 Å². The van der Waals surface area contributed by atoms with Crippen LogP contribution >= 0.6 is 0 Å². The summed E-state index contributed by atoms with van der Waals surface area (Å²) in [6.07, 6.45) is 0. The Bertz CT molecular complexity index is 817. The number of piperazine rings is 2.